The van der Waals surface area contributed by atoms with Crippen LogP contribution in [0.15, 0.2) is 11.5 Å². The van der Waals surface area contributed by atoms with Gasteiger partial charge in [-0.15, -0.1) is 0 Å². The molecule has 0 spiro atoms. The van der Waals surface area contributed by atoms with Crippen molar-refractivity contribution in [3.05, 3.63) is 6.33 Å². The lowest BCUT2D eigenvalue weighted by molar-refractivity contribution is 0.572. The van der Waals surface area contributed by atoms with Crippen molar-refractivity contribution >= 4 is 9.84 Å². The number of hydrogen-bond donors (Lipinski definition) is 1. The molecule has 0 bridgehead atoms. The molecule has 1 aromatic rings. The van der Waals surface area contributed by atoms with E-state index in [-0.39, 0.29) is 5.16 Å². The van der Waals surface area contributed by atoms with Crippen LogP contribution in [-0.4, -0.2) is 28.8 Å². The van der Waals surface area contributed by atoms with Crippen molar-refractivity contribution in [2.45, 2.75) is 30.7 Å². The molecule has 1 N–H and O–H groups in total. The zero-order chi connectivity index (χ0) is 9.19. The molecule has 0 fully saturated rings. The molecule has 68 valence electrons. The minimum absolute atomic E-state index is 0.0446. The van der Waals surface area contributed by atoms with E-state index in [0.29, 0.717) is 6.42 Å². The predicted molar refractivity (Wildman–Crippen MR) is 43.3 cm³/mol. The number of hydrogen-bond acceptors (Lipinski definition) is 4. The molecule has 5 nitrogen and oxygen atoms in total. The van der Waals surface area contributed by atoms with Gasteiger partial charge in [-0.2, -0.15) is 5.10 Å². The van der Waals surface area contributed by atoms with Crippen molar-refractivity contribution in [1.29, 1.82) is 0 Å². The number of sulfone groups is 1. The second kappa shape index (κ2) is 3.22. The van der Waals surface area contributed by atoms with Gasteiger partial charge in [0.05, 0.1) is 5.25 Å². The molecular weight excluding hydrogens is 178 g/mol. The Kier molecular flexibility index (Phi) is 2.46. The van der Waals surface area contributed by atoms with Crippen LogP contribution >= 0.6 is 0 Å². The molecule has 0 aliphatic carbocycles. The number of aromatic nitrogens is 3. The summed E-state index contributed by atoms with van der Waals surface area (Å²) < 4.78 is 23.0. The van der Waals surface area contributed by atoms with Gasteiger partial charge in [0.25, 0.3) is 0 Å². The maximum atomic E-state index is 11.5. The predicted octanol–water partition coefficient (Wildman–Crippen LogP) is 0.377. The maximum absolute atomic E-state index is 11.5. The summed E-state index contributed by atoms with van der Waals surface area (Å²) in [6.07, 6.45) is 1.76. The third-order valence-corrected chi connectivity index (χ3v) is 3.90. The van der Waals surface area contributed by atoms with Gasteiger partial charge in [0.2, 0.25) is 15.0 Å². The van der Waals surface area contributed by atoms with Gasteiger partial charge in [0, 0.05) is 0 Å². The summed E-state index contributed by atoms with van der Waals surface area (Å²) in [5, 5.41) is 5.38. The average molecular weight is 189 g/mol. The van der Waals surface area contributed by atoms with E-state index in [2.05, 4.69) is 15.2 Å². The normalized spacial score (nSPS) is 14.5. The first-order valence-corrected chi connectivity index (χ1v) is 5.23. The molecule has 0 aromatic carbocycles. The fourth-order valence-corrected chi connectivity index (χ4v) is 1.94. The highest BCUT2D eigenvalue weighted by atomic mass is 32.2. The zero-order valence-corrected chi connectivity index (χ0v) is 7.80. The minimum Gasteiger partial charge on any atom is -0.250 e. The van der Waals surface area contributed by atoms with E-state index >= 15 is 0 Å². The Balaban J connectivity index is 3.03. The van der Waals surface area contributed by atoms with E-state index in [9.17, 15) is 8.42 Å². The average Bonchev–Trinajstić information content (AvgIpc) is 2.55. The fraction of sp³-hybridized carbons (Fsp3) is 0.667. The van der Waals surface area contributed by atoms with E-state index in [4.69, 9.17) is 0 Å². The van der Waals surface area contributed by atoms with Crippen LogP contribution in [-0.2, 0) is 9.84 Å². The maximum Gasteiger partial charge on any atom is 0.243 e. The number of aromatic amines is 1. The monoisotopic (exact) mass is 189 g/mol. The summed E-state index contributed by atoms with van der Waals surface area (Å²) >= 11 is 0. The quantitative estimate of drug-likeness (QED) is 0.745. The third-order valence-electron chi connectivity index (χ3n) is 1.77. The van der Waals surface area contributed by atoms with E-state index in [0.717, 1.165) is 0 Å². The number of nitrogens with zero attached hydrogens (tertiary/aromatic N) is 2. The molecule has 0 aliphatic rings. The van der Waals surface area contributed by atoms with Gasteiger partial charge in [-0.05, 0) is 13.3 Å². The van der Waals surface area contributed by atoms with E-state index < -0.39 is 15.1 Å². The van der Waals surface area contributed by atoms with Gasteiger partial charge in [0.15, 0.2) is 0 Å². The first kappa shape index (κ1) is 9.18. The molecule has 1 aromatic heterocycles. The van der Waals surface area contributed by atoms with Crippen LogP contribution in [0.5, 0.6) is 0 Å². The molecule has 0 amide bonds. The van der Waals surface area contributed by atoms with Gasteiger partial charge in [-0.25, -0.2) is 13.4 Å². The van der Waals surface area contributed by atoms with Crippen LogP contribution in [0.3, 0.4) is 0 Å². The summed E-state index contributed by atoms with van der Waals surface area (Å²) in [7, 11) is -3.27. The van der Waals surface area contributed by atoms with Gasteiger partial charge in [-0.1, -0.05) is 6.92 Å². The topological polar surface area (TPSA) is 75.7 Å². The highest BCUT2D eigenvalue weighted by Crippen LogP contribution is 2.12. The molecule has 1 unspecified atom stereocenters. The van der Waals surface area contributed by atoms with Crippen LogP contribution in [0.1, 0.15) is 20.3 Å². The fourth-order valence-electron chi connectivity index (χ4n) is 0.741. The van der Waals surface area contributed by atoms with Crippen molar-refractivity contribution in [2.24, 2.45) is 0 Å². The Hall–Kier alpha value is -0.910. The van der Waals surface area contributed by atoms with E-state index in [1.165, 1.54) is 6.33 Å². The largest absolute Gasteiger partial charge is 0.250 e. The SMILES string of the molecule is CCC(C)S(=O)(=O)c1ncn[nH]1. The van der Waals surface area contributed by atoms with Gasteiger partial charge < -0.3 is 0 Å². The Bertz CT molecular complexity index is 330. The molecular formula is C6H11N3O2S. The van der Waals surface area contributed by atoms with E-state index in [1.807, 2.05) is 6.92 Å². The Morgan fingerprint density at radius 1 is 1.67 bits per heavy atom. The minimum atomic E-state index is -3.27. The van der Waals surface area contributed by atoms with Crippen LogP contribution in [0.25, 0.3) is 0 Å². The van der Waals surface area contributed by atoms with Gasteiger partial charge >= 0.3 is 0 Å². The summed E-state index contributed by atoms with van der Waals surface area (Å²) in [6.45, 7) is 3.47. The summed E-state index contributed by atoms with van der Waals surface area (Å²) in [5.41, 5.74) is 0. The van der Waals surface area contributed by atoms with Crippen molar-refractivity contribution in [3.63, 3.8) is 0 Å². The van der Waals surface area contributed by atoms with Crippen molar-refractivity contribution < 1.29 is 8.42 Å². The first-order chi connectivity index (χ1) is 5.59. The van der Waals surface area contributed by atoms with Crippen LogP contribution in [0, 0.1) is 0 Å². The number of nitrogens with one attached hydrogen (secondary N) is 1. The first-order valence-electron chi connectivity index (χ1n) is 3.68. The molecule has 1 heterocycles. The molecule has 1 atom stereocenters. The molecule has 6 heteroatoms. The second-order valence-corrected chi connectivity index (χ2v) is 4.84. The Labute approximate surface area is 71.1 Å². The Morgan fingerprint density at radius 2 is 2.33 bits per heavy atom. The van der Waals surface area contributed by atoms with Crippen molar-refractivity contribution in [3.8, 4) is 0 Å². The highest BCUT2D eigenvalue weighted by Gasteiger charge is 2.24. The lowest BCUT2D eigenvalue weighted by Crippen LogP contribution is -2.18. The van der Waals surface area contributed by atoms with Gasteiger partial charge in [-0.3, -0.25) is 5.10 Å². The third kappa shape index (κ3) is 1.47. The van der Waals surface area contributed by atoms with Crippen molar-refractivity contribution in [1.82, 2.24) is 15.2 Å². The molecule has 12 heavy (non-hydrogen) atoms. The highest BCUT2D eigenvalue weighted by molar-refractivity contribution is 7.91. The summed E-state index contributed by atoms with van der Waals surface area (Å²) in [6, 6.07) is 0. The second-order valence-electron chi connectivity index (χ2n) is 2.55. The van der Waals surface area contributed by atoms with Crippen molar-refractivity contribution in [2.75, 3.05) is 0 Å². The number of H-pyrrole nitrogens is 1. The smallest absolute Gasteiger partial charge is 0.243 e. The summed E-state index contributed by atoms with van der Waals surface area (Å²) in [4.78, 5) is 3.60. The summed E-state index contributed by atoms with van der Waals surface area (Å²) in [5.74, 6) is 0. The Morgan fingerprint density at radius 3 is 2.75 bits per heavy atom. The van der Waals surface area contributed by atoms with E-state index in [1.54, 1.807) is 6.92 Å². The zero-order valence-electron chi connectivity index (χ0n) is 6.98. The van der Waals surface area contributed by atoms with Gasteiger partial charge in [0.1, 0.15) is 6.33 Å². The van der Waals surface area contributed by atoms with Crippen LogP contribution < -0.4 is 0 Å². The lowest BCUT2D eigenvalue weighted by atomic mass is 10.4. The van der Waals surface area contributed by atoms with Crippen LogP contribution in [0.2, 0.25) is 0 Å². The molecule has 0 saturated carbocycles. The van der Waals surface area contributed by atoms with Crippen LogP contribution in [0.4, 0.5) is 0 Å². The molecule has 0 aliphatic heterocycles. The molecule has 1 rings (SSSR count). The standard InChI is InChI=1S/C6H11N3O2S/c1-3-5(2)12(10,11)6-7-4-8-9-6/h4-5H,3H2,1-2H3,(H,7,8,9). The molecule has 0 radical (unpaired) electrons. The number of rotatable bonds is 3. The lowest BCUT2D eigenvalue weighted by Gasteiger charge is -2.05. The molecule has 0 saturated heterocycles.